The van der Waals surface area contributed by atoms with Crippen molar-refractivity contribution in [2.24, 2.45) is 0 Å². The number of cyclic esters (lactones) is 1. The number of halogens is 12. The van der Waals surface area contributed by atoms with Crippen molar-refractivity contribution in [1.82, 2.24) is 0 Å². The van der Waals surface area contributed by atoms with E-state index in [-0.39, 0.29) is 11.1 Å². The van der Waals surface area contributed by atoms with Gasteiger partial charge in [0.25, 0.3) is 0 Å². The number of benzene rings is 4. The van der Waals surface area contributed by atoms with E-state index in [9.17, 15) is 67.2 Å². The summed E-state index contributed by atoms with van der Waals surface area (Å²) in [7, 11) is -5.49. The summed E-state index contributed by atoms with van der Waals surface area (Å²) in [5.74, 6) is -6.74. The Morgan fingerprint density at radius 2 is 0.859 bits per heavy atom. The Morgan fingerprint density at radius 3 is 1.20 bits per heavy atom. The molecule has 26 heteroatoms. The van der Waals surface area contributed by atoms with Gasteiger partial charge in [-0.15, -0.1) is 52.7 Å². The van der Waals surface area contributed by atoms with Gasteiger partial charge in [-0.05, 0) is 24.3 Å². The first-order chi connectivity index (χ1) is 29.9. The van der Waals surface area contributed by atoms with Crippen molar-refractivity contribution < 1.29 is 114 Å². The summed E-state index contributed by atoms with van der Waals surface area (Å²) in [6, 6.07) is 17.1. The zero-order valence-electron chi connectivity index (χ0n) is 31.8. The standard InChI is InChI=1S/C38H29F12O13P/c39-35(40,41)59-26-13-5-1-9-22(26)18-54-32-31(58-34(52)33(32)55-19-23-10-2-6-14-27(23)60-36(42,43)44)30(17-51)63-64(53,56-20-24-11-3-7-15-28(24)61-37(45,46)47)57-21-25-12-4-8-16-29(25)62-38(48,49)50/h1-16,30-31,51H,17-21H2/t30-,31+/m0/s1. The Kier molecular flexibility index (Phi) is 15.6. The van der Waals surface area contributed by atoms with Crippen LogP contribution in [0.25, 0.3) is 0 Å². The Labute approximate surface area is 352 Å². The number of aliphatic hydroxyl groups excluding tert-OH is 1. The van der Waals surface area contributed by atoms with Gasteiger partial charge in [-0.1, -0.05) is 72.8 Å². The van der Waals surface area contributed by atoms with Crippen molar-refractivity contribution in [3.8, 4) is 23.0 Å². The Balaban J connectivity index is 1.52. The van der Waals surface area contributed by atoms with Crippen LogP contribution in [0.15, 0.2) is 109 Å². The number of phosphoric ester groups is 1. The molecule has 5 rings (SSSR count). The second-order valence-corrected chi connectivity index (χ2v) is 14.2. The van der Waals surface area contributed by atoms with Gasteiger partial charge in [0.15, 0.2) is 11.9 Å². The Morgan fingerprint density at radius 1 is 0.531 bits per heavy atom. The fourth-order valence-electron chi connectivity index (χ4n) is 5.41. The lowest BCUT2D eigenvalue weighted by atomic mass is 10.1. The van der Waals surface area contributed by atoms with Crippen LogP contribution in [0.5, 0.6) is 23.0 Å². The first-order valence-electron chi connectivity index (χ1n) is 17.6. The minimum atomic E-state index is -5.49. The summed E-state index contributed by atoms with van der Waals surface area (Å²) in [6.07, 6.45) is -25.3. The molecular formula is C38H29F12O13P. The van der Waals surface area contributed by atoms with Crippen molar-refractivity contribution in [3.05, 3.63) is 131 Å². The van der Waals surface area contributed by atoms with E-state index in [4.69, 9.17) is 27.8 Å². The van der Waals surface area contributed by atoms with Crippen LogP contribution in [0.3, 0.4) is 0 Å². The summed E-state index contributed by atoms with van der Waals surface area (Å²) >= 11 is 0. The number of carbonyl (C=O) groups excluding carboxylic acids is 1. The van der Waals surface area contributed by atoms with Crippen LogP contribution in [0.2, 0.25) is 0 Å². The van der Waals surface area contributed by atoms with Crippen LogP contribution >= 0.6 is 7.82 Å². The topological polar surface area (TPSA) is 147 Å². The molecule has 64 heavy (non-hydrogen) atoms. The molecule has 348 valence electrons. The SMILES string of the molecule is O=C1O[C@H]([C@H](CO)OP(=O)(OCc2ccccc2OC(F)(F)F)OCc2ccccc2OC(F)(F)F)C(OCc2ccccc2OC(F)(F)F)=C1OCc1ccccc1OC(F)(F)F. The van der Waals surface area contributed by atoms with Gasteiger partial charge < -0.3 is 38.3 Å². The molecule has 0 bridgehead atoms. The average molecular weight is 953 g/mol. The highest BCUT2D eigenvalue weighted by molar-refractivity contribution is 7.48. The van der Waals surface area contributed by atoms with Crippen molar-refractivity contribution in [2.75, 3.05) is 6.61 Å². The third kappa shape index (κ3) is 14.9. The largest absolute Gasteiger partial charge is 0.573 e. The minimum absolute atomic E-state index is 0.335. The summed E-state index contributed by atoms with van der Waals surface area (Å²) in [5.41, 5.74) is -1.62. The highest BCUT2D eigenvalue weighted by Gasteiger charge is 2.47. The molecule has 0 saturated carbocycles. The van der Waals surface area contributed by atoms with Crippen molar-refractivity contribution in [1.29, 1.82) is 0 Å². The summed E-state index contributed by atoms with van der Waals surface area (Å²) in [5, 5.41) is 10.5. The van der Waals surface area contributed by atoms with Gasteiger partial charge in [-0.25, -0.2) is 9.36 Å². The number of esters is 1. The first kappa shape index (κ1) is 49.1. The molecule has 2 atom stereocenters. The Hall–Kier alpha value is -5.88. The second kappa shape index (κ2) is 20.3. The van der Waals surface area contributed by atoms with Crippen molar-refractivity contribution >= 4 is 13.8 Å². The number of phosphoric acid groups is 1. The van der Waals surface area contributed by atoms with Crippen molar-refractivity contribution in [3.63, 3.8) is 0 Å². The average Bonchev–Trinajstić information content (AvgIpc) is 3.50. The van der Waals surface area contributed by atoms with Gasteiger partial charge in [-0.3, -0.25) is 13.6 Å². The lowest BCUT2D eigenvalue weighted by Gasteiger charge is -2.27. The molecule has 0 spiro atoms. The molecule has 1 aliphatic heterocycles. The molecule has 0 aromatic heterocycles. The normalized spacial score (nSPS) is 15.4. The van der Waals surface area contributed by atoms with Crippen LogP contribution in [0, 0.1) is 0 Å². The molecule has 4 aromatic rings. The van der Waals surface area contributed by atoms with E-state index in [1.165, 1.54) is 24.3 Å². The van der Waals surface area contributed by atoms with E-state index < -0.39 is 130 Å². The number of hydrogen-bond donors (Lipinski definition) is 1. The maximum absolute atomic E-state index is 14.4. The number of hydrogen-bond acceptors (Lipinski definition) is 13. The van der Waals surface area contributed by atoms with E-state index in [2.05, 4.69) is 18.9 Å². The lowest BCUT2D eigenvalue weighted by Crippen LogP contribution is -2.35. The molecule has 0 saturated heterocycles. The van der Waals surface area contributed by atoms with Gasteiger partial charge in [0.1, 0.15) is 42.3 Å². The van der Waals surface area contributed by atoms with Gasteiger partial charge >= 0.3 is 39.2 Å². The molecule has 0 aliphatic carbocycles. The maximum Gasteiger partial charge on any atom is 0.573 e. The van der Waals surface area contributed by atoms with Crippen LogP contribution in [0.4, 0.5) is 52.7 Å². The molecule has 0 unspecified atom stereocenters. The molecule has 1 aliphatic rings. The maximum atomic E-state index is 14.4. The number of para-hydroxylation sites is 4. The highest BCUT2D eigenvalue weighted by atomic mass is 31.2. The van der Waals surface area contributed by atoms with Gasteiger partial charge in [0.05, 0.1) is 19.8 Å². The van der Waals surface area contributed by atoms with Crippen LogP contribution in [-0.4, -0.2) is 55.3 Å². The summed E-state index contributed by atoms with van der Waals surface area (Å²) in [6.45, 7) is -5.50. The first-order valence-corrected chi connectivity index (χ1v) is 19.1. The third-order valence-electron chi connectivity index (χ3n) is 7.99. The molecule has 13 nitrogen and oxygen atoms in total. The van der Waals surface area contributed by atoms with E-state index in [0.717, 1.165) is 72.8 Å². The van der Waals surface area contributed by atoms with E-state index >= 15 is 0 Å². The number of carbonyl (C=O) groups is 1. The highest BCUT2D eigenvalue weighted by Crippen LogP contribution is 2.54. The molecule has 0 fully saturated rings. The summed E-state index contributed by atoms with van der Waals surface area (Å²) in [4.78, 5) is 13.4. The van der Waals surface area contributed by atoms with Gasteiger partial charge in [0.2, 0.25) is 5.76 Å². The number of alkyl halides is 12. The molecule has 0 radical (unpaired) electrons. The van der Waals surface area contributed by atoms with Crippen molar-refractivity contribution in [2.45, 2.75) is 64.1 Å². The number of rotatable bonds is 20. The van der Waals surface area contributed by atoms with Crippen LogP contribution < -0.4 is 18.9 Å². The smallest absolute Gasteiger partial charge is 0.485 e. The molecule has 4 aromatic carbocycles. The second-order valence-electron chi connectivity index (χ2n) is 12.5. The zero-order valence-corrected chi connectivity index (χ0v) is 32.7. The lowest BCUT2D eigenvalue weighted by molar-refractivity contribution is -0.276. The number of ether oxygens (including phenoxy) is 7. The predicted octanol–water partition coefficient (Wildman–Crippen LogP) is 10.1. The molecule has 0 amide bonds. The molecule has 1 N–H and O–H groups in total. The van der Waals surface area contributed by atoms with E-state index in [1.807, 2.05) is 0 Å². The summed E-state index contributed by atoms with van der Waals surface area (Å²) < 4.78 is 221. The fraction of sp³-hybridized carbons (Fsp3) is 0.289. The quantitative estimate of drug-likeness (QED) is 0.0510. The van der Waals surface area contributed by atoms with E-state index in [0.29, 0.717) is 0 Å². The monoisotopic (exact) mass is 952 g/mol. The predicted molar refractivity (Wildman–Crippen MR) is 188 cm³/mol. The molecule has 1 heterocycles. The molecular weight excluding hydrogens is 923 g/mol. The van der Waals surface area contributed by atoms with Crippen LogP contribution in [-0.2, 0) is 63.6 Å². The Bertz CT molecular complexity index is 2230. The fourth-order valence-corrected chi connectivity index (χ4v) is 6.71. The van der Waals surface area contributed by atoms with Crippen LogP contribution in [0.1, 0.15) is 22.3 Å². The zero-order chi connectivity index (χ0) is 46.9. The van der Waals surface area contributed by atoms with E-state index in [1.54, 1.807) is 0 Å². The van der Waals surface area contributed by atoms with Gasteiger partial charge in [0, 0.05) is 22.3 Å². The number of aliphatic hydroxyl groups is 1. The third-order valence-corrected chi connectivity index (χ3v) is 9.41. The minimum Gasteiger partial charge on any atom is -0.485 e. The van der Waals surface area contributed by atoms with Gasteiger partial charge in [-0.2, -0.15) is 0 Å².